The van der Waals surface area contributed by atoms with Crippen LogP contribution in [0.4, 0.5) is 11.4 Å². The number of amides is 3. The standard InChI is InChI=1S/C28H32N4O3/c1-19-13-15-31(16-14-19)18-20-9-11-22(12-10-20)29-26(33)21-5-4-6-23(17-21)32-28(35)25-8-3-2-7-24(25)27(34)30-32/h2-6,9-12,17,19,24-25H,7-8,13-16,18H2,1H3,(H,29,33)(H,30,34). The molecule has 2 unspecified atom stereocenters. The van der Waals surface area contributed by atoms with Gasteiger partial charge in [0.05, 0.1) is 17.5 Å². The Balaban J connectivity index is 1.23. The van der Waals surface area contributed by atoms with Crippen molar-refractivity contribution >= 4 is 29.1 Å². The first kappa shape index (κ1) is 23.3. The van der Waals surface area contributed by atoms with Gasteiger partial charge in [-0.25, -0.2) is 5.01 Å². The van der Waals surface area contributed by atoms with Crippen molar-refractivity contribution in [2.75, 3.05) is 23.4 Å². The van der Waals surface area contributed by atoms with Crippen LogP contribution in [-0.2, 0) is 16.1 Å². The molecule has 0 aromatic heterocycles. The zero-order valence-electron chi connectivity index (χ0n) is 20.1. The Morgan fingerprint density at radius 3 is 2.46 bits per heavy atom. The third-order valence-electron chi connectivity index (χ3n) is 7.39. The number of fused-ring (bicyclic) bond motifs is 1. The maximum Gasteiger partial charge on any atom is 0.255 e. The van der Waals surface area contributed by atoms with Crippen molar-refractivity contribution in [2.45, 2.75) is 39.2 Å². The summed E-state index contributed by atoms with van der Waals surface area (Å²) >= 11 is 0. The minimum atomic E-state index is -0.363. The maximum absolute atomic E-state index is 13.0. The first-order chi connectivity index (χ1) is 17.0. The number of hydrogen-bond acceptors (Lipinski definition) is 4. The van der Waals surface area contributed by atoms with E-state index in [0.29, 0.717) is 24.1 Å². The van der Waals surface area contributed by atoms with Crippen molar-refractivity contribution in [2.24, 2.45) is 17.8 Å². The summed E-state index contributed by atoms with van der Waals surface area (Å²) in [6.45, 7) is 5.51. The molecule has 5 rings (SSSR count). The molecule has 2 atom stereocenters. The molecular formula is C28H32N4O3. The molecule has 182 valence electrons. The monoisotopic (exact) mass is 472 g/mol. The summed E-state index contributed by atoms with van der Waals surface area (Å²) in [7, 11) is 0. The molecule has 2 heterocycles. The number of hydrazine groups is 1. The largest absolute Gasteiger partial charge is 0.322 e. The number of hydrogen-bond donors (Lipinski definition) is 2. The number of carbonyl (C=O) groups is 3. The molecule has 2 saturated heterocycles. The minimum absolute atomic E-state index is 0.143. The third-order valence-corrected chi connectivity index (χ3v) is 7.39. The second kappa shape index (κ2) is 10.0. The van der Waals surface area contributed by atoms with Gasteiger partial charge >= 0.3 is 0 Å². The molecule has 2 N–H and O–H groups in total. The molecule has 3 aliphatic rings. The first-order valence-corrected chi connectivity index (χ1v) is 12.5. The molecule has 0 spiro atoms. The molecule has 2 fully saturated rings. The van der Waals surface area contributed by atoms with Crippen LogP contribution >= 0.6 is 0 Å². The number of likely N-dealkylation sites (tertiary alicyclic amines) is 1. The Morgan fingerprint density at radius 2 is 1.71 bits per heavy atom. The molecular weight excluding hydrogens is 440 g/mol. The van der Waals surface area contributed by atoms with Crippen LogP contribution in [0.5, 0.6) is 0 Å². The Labute approximate surface area is 206 Å². The normalized spacial score (nSPS) is 23.1. The van der Waals surface area contributed by atoms with E-state index in [1.165, 1.54) is 23.4 Å². The lowest BCUT2D eigenvalue weighted by molar-refractivity contribution is -0.139. The van der Waals surface area contributed by atoms with E-state index >= 15 is 0 Å². The van der Waals surface area contributed by atoms with Crippen LogP contribution in [0.1, 0.15) is 48.5 Å². The predicted octanol–water partition coefficient (Wildman–Crippen LogP) is 4.13. The Hall–Kier alpha value is -3.45. The van der Waals surface area contributed by atoms with Crippen molar-refractivity contribution in [3.8, 4) is 0 Å². The fourth-order valence-corrected chi connectivity index (χ4v) is 5.14. The number of allylic oxidation sites excluding steroid dienone is 2. The molecule has 0 bridgehead atoms. The topological polar surface area (TPSA) is 81.8 Å². The highest BCUT2D eigenvalue weighted by Crippen LogP contribution is 2.32. The number of piperidine rings is 1. The quantitative estimate of drug-likeness (QED) is 0.641. The first-order valence-electron chi connectivity index (χ1n) is 12.5. The second-order valence-electron chi connectivity index (χ2n) is 9.97. The summed E-state index contributed by atoms with van der Waals surface area (Å²) in [5, 5.41) is 4.23. The number of carbonyl (C=O) groups excluding carboxylic acids is 3. The van der Waals surface area contributed by atoms with Gasteiger partial charge < -0.3 is 5.32 Å². The molecule has 2 aromatic rings. The van der Waals surface area contributed by atoms with E-state index in [9.17, 15) is 14.4 Å². The molecule has 1 aliphatic carbocycles. The van der Waals surface area contributed by atoms with Gasteiger partial charge in [0.2, 0.25) is 11.8 Å². The van der Waals surface area contributed by atoms with Gasteiger partial charge in [-0.1, -0.05) is 37.3 Å². The highest BCUT2D eigenvalue weighted by atomic mass is 16.2. The van der Waals surface area contributed by atoms with Crippen LogP contribution in [0, 0.1) is 17.8 Å². The van der Waals surface area contributed by atoms with Crippen LogP contribution in [0.25, 0.3) is 0 Å². The SMILES string of the molecule is CC1CCN(Cc2ccc(NC(=O)c3cccc(N4NC(=O)C5CC=CCC5C4=O)c3)cc2)CC1. The highest BCUT2D eigenvalue weighted by molar-refractivity contribution is 6.07. The van der Waals surface area contributed by atoms with E-state index in [1.54, 1.807) is 24.3 Å². The lowest BCUT2D eigenvalue weighted by Gasteiger charge is -2.38. The molecule has 3 amide bonds. The number of benzene rings is 2. The molecule has 2 aromatic carbocycles. The molecule has 7 nitrogen and oxygen atoms in total. The van der Waals surface area contributed by atoms with Gasteiger partial charge in [0.25, 0.3) is 5.91 Å². The van der Waals surface area contributed by atoms with Gasteiger partial charge in [-0.05, 0) is 80.6 Å². The lowest BCUT2D eigenvalue weighted by atomic mass is 9.80. The second-order valence-corrected chi connectivity index (χ2v) is 9.97. The van der Waals surface area contributed by atoms with Crippen LogP contribution in [0.15, 0.2) is 60.7 Å². The Morgan fingerprint density at radius 1 is 1.00 bits per heavy atom. The van der Waals surface area contributed by atoms with Gasteiger partial charge in [0.15, 0.2) is 0 Å². The Kier molecular flexibility index (Phi) is 6.68. The molecule has 0 saturated carbocycles. The molecule has 2 aliphatic heterocycles. The fourth-order valence-electron chi connectivity index (χ4n) is 5.14. The van der Waals surface area contributed by atoms with E-state index < -0.39 is 0 Å². The van der Waals surface area contributed by atoms with Crippen molar-refractivity contribution in [3.63, 3.8) is 0 Å². The van der Waals surface area contributed by atoms with Crippen molar-refractivity contribution in [1.29, 1.82) is 0 Å². The van der Waals surface area contributed by atoms with Gasteiger partial charge in [0.1, 0.15) is 0 Å². The zero-order valence-corrected chi connectivity index (χ0v) is 20.1. The zero-order chi connectivity index (χ0) is 24.4. The molecule has 0 radical (unpaired) electrons. The summed E-state index contributed by atoms with van der Waals surface area (Å²) < 4.78 is 0. The average molecular weight is 473 g/mol. The minimum Gasteiger partial charge on any atom is -0.322 e. The van der Waals surface area contributed by atoms with E-state index in [-0.39, 0.29) is 29.6 Å². The third kappa shape index (κ3) is 5.15. The van der Waals surface area contributed by atoms with E-state index in [0.717, 1.165) is 31.2 Å². The van der Waals surface area contributed by atoms with Gasteiger partial charge in [-0.3, -0.25) is 24.7 Å². The van der Waals surface area contributed by atoms with Crippen LogP contribution < -0.4 is 15.8 Å². The highest BCUT2D eigenvalue weighted by Gasteiger charge is 2.42. The van der Waals surface area contributed by atoms with Crippen LogP contribution in [0.3, 0.4) is 0 Å². The van der Waals surface area contributed by atoms with Crippen LogP contribution in [0.2, 0.25) is 0 Å². The molecule has 35 heavy (non-hydrogen) atoms. The van der Waals surface area contributed by atoms with E-state index in [1.807, 2.05) is 24.3 Å². The lowest BCUT2D eigenvalue weighted by Crippen LogP contribution is -2.59. The predicted molar refractivity (Wildman–Crippen MR) is 135 cm³/mol. The smallest absolute Gasteiger partial charge is 0.255 e. The summed E-state index contributed by atoms with van der Waals surface area (Å²) in [5.74, 6) is -0.440. The van der Waals surface area contributed by atoms with Crippen LogP contribution in [-0.4, -0.2) is 35.7 Å². The summed E-state index contributed by atoms with van der Waals surface area (Å²) in [4.78, 5) is 41.0. The summed E-state index contributed by atoms with van der Waals surface area (Å²) in [6, 6.07) is 14.8. The van der Waals surface area contributed by atoms with E-state index in [2.05, 4.69) is 34.7 Å². The number of rotatable bonds is 5. The Bertz CT molecular complexity index is 1140. The van der Waals surface area contributed by atoms with Crippen molar-refractivity contribution in [3.05, 3.63) is 71.8 Å². The summed E-state index contributed by atoms with van der Waals surface area (Å²) in [6.07, 6.45) is 7.54. The van der Waals surface area contributed by atoms with E-state index in [4.69, 9.17) is 0 Å². The van der Waals surface area contributed by atoms with Crippen molar-refractivity contribution in [1.82, 2.24) is 10.3 Å². The maximum atomic E-state index is 13.0. The fraction of sp³-hybridized carbons (Fsp3) is 0.393. The summed E-state index contributed by atoms with van der Waals surface area (Å²) in [5.41, 5.74) is 5.56. The average Bonchev–Trinajstić information content (AvgIpc) is 2.89. The van der Waals surface area contributed by atoms with Crippen molar-refractivity contribution < 1.29 is 14.4 Å². The van der Waals surface area contributed by atoms with Gasteiger partial charge in [-0.15, -0.1) is 0 Å². The molecule has 7 heteroatoms. The number of nitrogens with zero attached hydrogens (tertiary/aromatic N) is 2. The van der Waals surface area contributed by atoms with Gasteiger partial charge in [0, 0.05) is 17.8 Å². The number of anilines is 2. The van der Waals surface area contributed by atoms with Gasteiger partial charge in [-0.2, -0.15) is 0 Å². The number of nitrogens with one attached hydrogen (secondary N) is 2.